The first-order valence-corrected chi connectivity index (χ1v) is 7.58. The third-order valence-electron chi connectivity index (χ3n) is 4.60. The van der Waals surface area contributed by atoms with Gasteiger partial charge in [0.15, 0.2) is 5.96 Å². The summed E-state index contributed by atoms with van der Waals surface area (Å²) >= 11 is 0. The third kappa shape index (κ3) is 4.56. The standard InChI is InChI=1S/C16H26N4.HI/c1-4-16(5-2)9-11-20(13-16)15(17-3)19-12-14-8-6-7-10-18-14;/h6-8,10H,4-5,9,11-13H2,1-3H3,(H,17,19);1H. The molecule has 1 saturated heterocycles. The molecule has 2 heterocycles. The molecule has 1 aromatic heterocycles. The Labute approximate surface area is 145 Å². The Kier molecular flexibility index (Phi) is 7.42. The molecule has 0 amide bonds. The van der Waals surface area contributed by atoms with Crippen molar-refractivity contribution in [1.82, 2.24) is 15.2 Å². The lowest BCUT2D eigenvalue weighted by Gasteiger charge is -2.27. The molecule has 1 aromatic rings. The van der Waals surface area contributed by atoms with Gasteiger partial charge in [0.2, 0.25) is 0 Å². The molecule has 21 heavy (non-hydrogen) atoms. The monoisotopic (exact) mass is 402 g/mol. The summed E-state index contributed by atoms with van der Waals surface area (Å²) in [5.41, 5.74) is 1.52. The third-order valence-corrected chi connectivity index (χ3v) is 4.60. The number of aromatic nitrogens is 1. The number of likely N-dealkylation sites (tertiary alicyclic amines) is 1. The zero-order valence-corrected chi connectivity index (χ0v) is 15.6. The van der Waals surface area contributed by atoms with Gasteiger partial charge < -0.3 is 10.2 Å². The second kappa shape index (κ2) is 8.56. The number of hydrogen-bond donors (Lipinski definition) is 1. The Morgan fingerprint density at radius 1 is 1.38 bits per heavy atom. The average molecular weight is 402 g/mol. The smallest absolute Gasteiger partial charge is 0.193 e. The Morgan fingerprint density at radius 3 is 2.67 bits per heavy atom. The van der Waals surface area contributed by atoms with Crippen molar-refractivity contribution >= 4 is 29.9 Å². The molecule has 0 saturated carbocycles. The van der Waals surface area contributed by atoms with Crippen LogP contribution in [0, 0.1) is 5.41 Å². The second-order valence-electron chi connectivity index (χ2n) is 5.60. The molecule has 0 unspecified atom stereocenters. The first-order valence-electron chi connectivity index (χ1n) is 7.58. The molecule has 1 N–H and O–H groups in total. The van der Waals surface area contributed by atoms with Crippen LogP contribution in [0.25, 0.3) is 0 Å². The fourth-order valence-corrected chi connectivity index (χ4v) is 2.95. The van der Waals surface area contributed by atoms with E-state index in [-0.39, 0.29) is 24.0 Å². The van der Waals surface area contributed by atoms with Crippen molar-refractivity contribution in [3.63, 3.8) is 0 Å². The van der Waals surface area contributed by atoms with Crippen LogP contribution >= 0.6 is 24.0 Å². The molecular formula is C16H27IN4. The van der Waals surface area contributed by atoms with Crippen molar-refractivity contribution in [1.29, 1.82) is 0 Å². The molecule has 4 nitrogen and oxygen atoms in total. The fourth-order valence-electron chi connectivity index (χ4n) is 2.95. The predicted molar refractivity (Wildman–Crippen MR) is 99.1 cm³/mol. The topological polar surface area (TPSA) is 40.5 Å². The van der Waals surface area contributed by atoms with Crippen molar-refractivity contribution in [2.75, 3.05) is 20.1 Å². The van der Waals surface area contributed by atoms with Crippen LogP contribution < -0.4 is 5.32 Å². The van der Waals surface area contributed by atoms with Gasteiger partial charge in [-0.05, 0) is 36.8 Å². The molecular weight excluding hydrogens is 375 g/mol. The highest BCUT2D eigenvalue weighted by Crippen LogP contribution is 2.36. The summed E-state index contributed by atoms with van der Waals surface area (Å²) in [4.78, 5) is 11.1. The van der Waals surface area contributed by atoms with E-state index in [9.17, 15) is 0 Å². The summed E-state index contributed by atoms with van der Waals surface area (Å²) in [6.07, 6.45) is 5.59. The van der Waals surface area contributed by atoms with Crippen LogP contribution in [0.2, 0.25) is 0 Å². The van der Waals surface area contributed by atoms with Crippen LogP contribution in [0.4, 0.5) is 0 Å². The lowest BCUT2D eigenvalue weighted by molar-refractivity contribution is 0.276. The van der Waals surface area contributed by atoms with Crippen molar-refractivity contribution in [2.24, 2.45) is 10.4 Å². The van der Waals surface area contributed by atoms with Crippen molar-refractivity contribution < 1.29 is 0 Å². The van der Waals surface area contributed by atoms with E-state index < -0.39 is 0 Å². The number of pyridine rings is 1. The molecule has 5 heteroatoms. The average Bonchev–Trinajstić information content (AvgIpc) is 2.94. The van der Waals surface area contributed by atoms with Crippen LogP contribution in [0.1, 0.15) is 38.8 Å². The Balaban J connectivity index is 0.00000220. The van der Waals surface area contributed by atoms with Crippen molar-refractivity contribution in [2.45, 2.75) is 39.7 Å². The quantitative estimate of drug-likeness (QED) is 0.478. The van der Waals surface area contributed by atoms with E-state index in [1.54, 1.807) is 0 Å². The summed E-state index contributed by atoms with van der Waals surface area (Å²) in [6.45, 7) is 7.55. The van der Waals surface area contributed by atoms with Crippen LogP contribution in [-0.2, 0) is 6.54 Å². The van der Waals surface area contributed by atoms with Gasteiger partial charge in [-0.15, -0.1) is 24.0 Å². The summed E-state index contributed by atoms with van der Waals surface area (Å²) < 4.78 is 0. The zero-order chi connectivity index (χ0) is 14.4. The molecule has 0 bridgehead atoms. The summed E-state index contributed by atoms with van der Waals surface area (Å²) in [5, 5.41) is 3.43. The number of rotatable bonds is 4. The number of nitrogens with one attached hydrogen (secondary N) is 1. The van der Waals surface area contributed by atoms with Crippen LogP contribution in [0.15, 0.2) is 29.4 Å². The number of hydrogen-bond acceptors (Lipinski definition) is 2. The number of aliphatic imine (C=N–C) groups is 1. The van der Waals surface area contributed by atoms with E-state index >= 15 is 0 Å². The molecule has 1 aliphatic rings. The van der Waals surface area contributed by atoms with E-state index in [0.29, 0.717) is 5.41 Å². The minimum absolute atomic E-state index is 0. The van der Waals surface area contributed by atoms with Gasteiger partial charge in [-0.25, -0.2) is 0 Å². The van der Waals surface area contributed by atoms with E-state index in [4.69, 9.17) is 0 Å². The molecule has 0 radical (unpaired) electrons. The summed E-state index contributed by atoms with van der Waals surface area (Å²) in [6, 6.07) is 5.99. The summed E-state index contributed by atoms with van der Waals surface area (Å²) in [5.74, 6) is 0.999. The van der Waals surface area contributed by atoms with Gasteiger partial charge in [-0.3, -0.25) is 9.98 Å². The molecule has 0 atom stereocenters. The molecule has 0 aliphatic carbocycles. The number of nitrogens with zero attached hydrogens (tertiary/aromatic N) is 3. The van der Waals surface area contributed by atoms with Crippen molar-refractivity contribution in [3.8, 4) is 0 Å². The van der Waals surface area contributed by atoms with Crippen LogP contribution in [0.3, 0.4) is 0 Å². The van der Waals surface area contributed by atoms with E-state index in [2.05, 4.69) is 34.0 Å². The summed E-state index contributed by atoms with van der Waals surface area (Å²) in [7, 11) is 1.86. The largest absolute Gasteiger partial charge is 0.351 e. The van der Waals surface area contributed by atoms with E-state index in [0.717, 1.165) is 31.3 Å². The minimum Gasteiger partial charge on any atom is -0.351 e. The second-order valence-corrected chi connectivity index (χ2v) is 5.60. The molecule has 1 aliphatic heterocycles. The van der Waals surface area contributed by atoms with Gasteiger partial charge in [-0.1, -0.05) is 19.9 Å². The van der Waals surface area contributed by atoms with Crippen LogP contribution in [-0.4, -0.2) is 36.0 Å². The first-order chi connectivity index (χ1) is 9.73. The molecule has 118 valence electrons. The fraction of sp³-hybridized carbons (Fsp3) is 0.625. The highest BCUT2D eigenvalue weighted by molar-refractivity contribution is 14.0. The van der Waals surface area contributed by atoms with Crippen molar-refractivity contribution in [3.05, 3.63) is 30.1 Å². The number of guanidine groups is 1. The van der Waals surface area contributed by atoms with Gasteiger partial charge >= 0.3 is 0 Å². The highest BCUT2D eigenvalue weighted by Gasteiger charge is 2.36. The predicted octanol–water partition coefficient (Wildman–Crippen LogP) is 3.29. The molecule has 2 rings (SSSR count). The van der Waals surface area contributed by atoms with Gasteiger partial charge in [-0.2, -0.15) is 0 Å². The zero-order valence-electron chi connectivity index (χ0n) is 13.3. The van der Waals surface area contributed by atoms with Gasteiger partial charge in [0, 0.05) is 26.3 Å². The Bertz CT molecular complexity index is 443. The minimum atomic E-state index is 0. The normalized spacial score (nSPS) is 17.5. The van der Waals surface area contributed by atoms with Gasteiger partial charge in [0.05, 0.1) is 12.2 Å². The molecule has 0 spiro atoms. The SMILES string of the molecule is CCC1(CC)CCN(C(=NC)NCc2ccccn2)C1.I. The van der Waals surface area contributed by atoms with Gasteiger partial charge in [0.25, 0.3) is 0 Å². The first kappa shape index (κ1) is 18.2. The van der Waals surface area contributed by atoms with E-state index in [1.165, 1.54) is 19.3 Å². The van der Waals surface area contributed by atoms with Crippen LogP contribution in [0.5, 0.6) is 0 Å². The maximum Gasteiger partial charge on any atom is 0.193 e. The van der Waals surface area contributed by atoms with Gasteiger partial charge in [0.1, 0.15) is 0 Å². The lowest BCUT2D eigenvalue weighted by atomic mass is 9.82. The number of halogens is 1. The molecule has 1 fully saturated rings. The maximum absolute atomic E-state index is 4.42. The van der Waals surface area contributed by atoms with E-state index in [1.807, 2.05) is 31.4 Å². The highest BCUT2D eigenvalue weighted by atomic mass is 127. The Hall–Kier alpha value is -0.850. The molecule has 0 aromatic carbocycles. The lowest BCUT2D eigenvalue weighted by Crippen LogP contribution is -2.41. The maximum atomic E-state index is 4.42. The Morgan fingerprint density at radius 2 is 2.14 bits per heavy atom.